The number of rotatable bonds is 7. The molecule has 25 heavy (non-hydrogen) atoms. The smallest absolute Gasteiger partial charge is 0.312 e. The van der Waals surface area contributed by atoms with Gasteiger partial charge in [0.05, 0.1) is 24.8 Å². The van der Waals surface area contributed by atoms with Gasteiger partial charge in [-0.25, -0.2) is 9.18 Å². The quantitative estimate of drug-likeness (QED) is 0.720. The molecule has 2 aromatic carbocycles. The molecule has 0 aliphatic rings. The molecule has 7 heteroatoms. The van der Waals surface area contributed by atoms with Crippen LogP contribution in [0.2, 0.25) is 0 Å². The van der Waals surface area contributed by atoms with E-state index in [0.29, 0.717) is 18.0 Å². The second-order valence-electron chi connectivity index (χ2n) is 5.26. The van der Waals surface area contributed by atoms with Crippen LogP contribution in [0.1, 0.15) is 24.9 Å². The van der Waals surface area contributed by atoms with Crippen molar-refractivity contribution in [1.82, 2.24) is 5.32 Å². The maximum atomic E-state index is 14.0. The second-order valence-corrected chi connectivity index (χ2v) is 5.26. The Labute approximate surface area is 145 Å². The molecule has 3 amide bonds. The third-order valence-corrected chi connectivity index (χ3v) is 3.45. The highest BCUT2D eigenvalue weighted by Gasteiger charge is 2.21. The molecular weight excluding hydrogens is 325 g/mol. The second kappa shape index (κ2) is 8.68. The Bertz CT molecular complexity index is 752. The van der Waals surface area contributed by atoms with E-state index in [1.54, 1.807) is 30.3 Å². The van der Waals surface area contributed by atoms with Crippen molar-refractivity contribution in [2.75, 3.05) is 11.9 Å². The number of carbonyl (C=O) groups excluding carboxylic acids is 2. The van der Waals surface area contributed by atoms with E-state index in [1.807, 2.05) is 6.92 Å². The van der Waals surface area contributed by atoms with Gasteiger partial charge in [-0.15, -0.1) is 0 Å². The van der Waals surface area contributed by atoms with E-state index < -0.39 is 23.8 Å². The first-order chi connectivity index (χ1) is 12.0. The average molecular weight is 345 g/mol. The van der Waals surface area contributed by atoms with Gasteiger partial charge in [-0.2, -0.15) is 0 Å². The number of urea groups is 1. The van der Waals surface area contributed by atoms with Crippen LogP contribution in [0.15, 0.2) is 48.5 Å². The van der Waals surface area contributed by atoms with E-state index in [4.69, 9.17) is 10.5 Å². The molecule has 2 aromatic rings. The highest BCUT2D eigenvalue weighted by molar-refractivity contribution is 5.93. The molecule has 0 heterocycles. The normalized spacial score (nSPS) is 11.4. The van der Waals surface area contributed by atoms with E-state index in [1.165, 1.54) is 18.2 Å². The number of amides is 3. The number of para-hydroxylation sites is 2. The van der Waals surface area contributed by atoms with Crippen LogP contribution in [0, 0.1) is 5.82 Å². The van der Waals surface area contributed by atoms with Crippen molar-refractivity contribution in [2.45, 2.75) is 19.4 Å². The molecule has 1 atom stereocenters. The van der Waals surface area contributed by atoms with Gasteiger partial charge in [-0.1, -0.05) is 30.3 Å². The number of hydrogen-bond donors (Lipinski definition) is 3. The fourth-order valence-corrected chi connectivity index (χ4v) is 2.41. The standard InChI is InChI=1S/C18H20FN3O3/c1-2-25-16-10-6-5-9-14(16)21-17(23)11-15(22-18(20)24)12-7-3-4-8-13(12)19/h3-10,15H,2,11H2,1H3,(H,21,23)(H3,20,22,24)/t15-/m1/s1. The number of nitrogens with two attached hydrogens (primary N) is 1. The number of hydrogen-bond acceptors (Lipinski definition) is 3. The molecular formula is C18H20FN3O3. The number of halogens is 1. The minimum absolute atomic E-state index is 0.176. The lowest BCUT2D eigenvalue weighted by molar-refractivity contribution is -0.116. The van der Waals surface area contributed by atoms with Gasteiger partial charge in [0.25, 0.3) is 0 Å². The Morgan fingerprint density at radius 3 is 2.52 bits per heavy atom. The predicted octanol–water partition coefficient (Wildman–Crippen LogP) is 2.96. The van der Waals surface area contributed by atoms with Gasteiger partial charge in [0.15, 0.2) is 0 Å². The van der Waals surface area contributed by atoms with Gasteiger partial charge in [0.1, 0.15) is 11.6 Å². The molecule has 4 N–H and O–H groups in total. The van der Waals surface area contributed by atoms with Crippen molar-refractivity contribution >= 4 is 17.6 Å². The van der Waals surface area contributed by atoms with Crippen LogP contribution < -0.4 is 21.1 Å². The Morgan fingerprint density at radius 2 is 1.84 bits per heavy atom. The average Bonchev–Trinajstić information content (AvgIpc) is 2.56. The van der Waals surface area contributed by atoms with Crippen LogP contribution >= 0.6 is 0 Å². The summed E-state index contributed by atoms with van der Waals surface area (Å²) in [6, 6.07) is 11.2. The molecule has 0 spiro atoms. The van der Waals surface area contributed by atoms with Gasteiger partial charge in [0.2, 0.25) is 5.91 Å². The molecule has 0 bridgehead atoms. The summed E-state index contributed by atoms with van der Waals surface area (Å²) in [5.41, 5.74) is 5.84. The fraction of sp³-hybridized carbons (Fsp3) is 0.222. The predicted molar refractivity (Wildman–Crippen MR) is 92.7 cm³/mol. The first-order valence-electron chi connectivity index (χ1n) is 7.83. The number of primary amides is 1. The zero-order valence-corrected chi connectivity index (χ0v) is 13.8. The highest BCUT2D eigenvalue weighted by atomic mass is 19.1. The minimum Gasteiger partial charge on any atom is -0.492 e. The molecule has 0 saturated heterocycles. The zero-order valence-electron chi connectivity index (χ0n) is 13.8. The van der Waals surface area contributed by atoms with Gasteiger partial charge in [-0.05, 0) is 25.1 Å². The summed E-state index contributed by atoms with van der Waals surface area (Å²) in [4.78, 5) is 23.6. The van der Waals surface area contributed by atoms with Crippen molar-refractivity contribution < 1.29 is 18.7 Å². The van der Waals surface area contributed by atoms with Crippen molar-refractivity contribution in [3.05, 3.63) is 59.9 Å². The van der Waals surface area contributed by atoms with Gasteiger partial charge in [-0.3, -0.25) is 4.79 Å². The fourth-order valence-electron chi connectivity index (χ4n) is 2.41. The van der Waals surface area contributed by atoms with Crippen molar-refractivity contribution in [1.29, 1.82) is 0 Å². The van der Waals surface area contributed by atoms with Crippen LogP contribution in [0.3, 0.4) is 0 Å². The van der Waals surface area contributed by atoms with Crippen LogP contribution in [-0.4, -0.2) is 18.5 Å². The summed E-state index contributed by atoms with van der Waals surface area (Å²) in [7, 11) is 0. The summed E-state index contributed by atoms with van der Waals surface area (Å²) in [5.74, 6) is -0.401. The molecule has 0 radical (unpaired) electrons. The largest absolute Gasteiger partial charge is 0.492 e. The molecule has 0 aromatic heterocycles. The van der Waals surface area contributed by atoms with E-state index in [9.17, 15) is 14.0 Å². The zero-order chi connectivity index (χ0) is 18.2. The van der Waals surface area contributed by atoms with E-state index >= 15 is 0 Å². The maximum absolute atomic E-state index is 14.0. The molecule has 0 aliphatic heterocycles. The van der Waals surface area contributed by atoms with E-state index in [2.05, 4.69) is 10.6 Å². The van der Waals surface area contributed by atoms with Crippen molar-refractivity contribution in [3.63, 3.8) is 0 Å². The van der Waals surface area contributed by atoms with Gasteiger partial charge < -0.3 is 21.1 Å². The first kappa shape index (κ1) is 18.3. The third-order valence-electron chi connectivity index (χ3n) is 3.45. The Balaban J connectivity index is 2.15. The first-order valence-corrected chi connectivity index (χ1v) is 7.83. The Hall–Kier alpha value is -3.09. The number of benzene rings is 2. The lowest BCUT2D eigenvalue weighted by Gasteiger charge is -2.19. The molecule has 0 saturated carbocycles. The minimum atomic E-state index is -0.877. The molecule has 0 aliphatic carbocycles. The molecule has 0 unspecified atom stereocenters. The summed E-state index contributed by atoms with van der Waals surface area (Å²) in [6.45, 7) is 2.29. The topological polar surface area (TPSA) is 93.4 Å². The van der Waals surface area contributed by atoms with Crippen LogP contribution in [0.4, 0.5) is 14.9 Å². The lowest BCUT2D eigenvalue weighted by Crippen LogP contribution is -2.35. The number of ether oxygens (including phenoxy) is 1. The van der Waals surface area contributed by atoms with Crippen molar-refractivity contribution in [2.24, 2.45) is 5.73 Å². The van der Waals surface area contributed by atoms with Crippen molar-refractivity contribution in [3.8, 4) is 5.75 Å². The Morgan fingerprint density at radius 1 is 1.16 bits per heavy atom. The summed E-state index contributed by atoms with van der Waals surface area (Å²) < 4.78 is 19.4. The summed E-state index contributed by atoms with van der Waals surface area (Å²) in [5, 5.41) is 5.11. The highest BCUT2D eigenvalue weighted by Crippen LogP contribution is 2.25. The SMILES string of the molecule is CCOc1ccccc1NC(=O)C[C@@H](NC(N)=O)c1ccccc1F. The Kier molecular flexibility index (Phi) is 6.33. The van der Waals surface area contributed by atoms with E-state index in [-0.39, 0.29) is 12.0 Å². The van der Waals surface area contributed by atoms with Crippen LogP contribution in [-0.2, 0) is 4.79 Å². The van der Waals surface area contributed by atoms with Gasteiger partial charge >= 0.3 is 6.03 Å². The summed E-state index contributed by atoms with van der Waals surface area (Å²) in [6.07, 6.45) is -0.176. The lowest BCUT2D eigenvalue weighted by atomic mass is 10.0. The molecule has 2 rings (SSSR count). The van der Waals surface area contributed by atoms with Crippen LogP contribution in [0.5, 0.6) is 5.75 Å². The third kappa shape index (κ3) is 5.20. The molecule has 132 valence electrons. The number of nitrogens with one attached hydrogen (secondary N) is 2. The van der Waals surface area contributed by atoms with Crippen LogP contribution in [0.25, 0.3) is 0 Å². The molecule has 0 fully saturated rings. The summed E-state index contributed by atoms with van der Waals surface area (Å²) >= 11 is 0. The number of anilines is 1. The molecule has 6 nitrogen and oxygen atoms in total. The van der Waals surface area contributed by atoms with E-state index in [0.717, 1.165) is 0 Å². The number of carbonyl (C=O) groups is 2. The van der Waals surface area contributed by atoms with Gasteiger partial charge in [0, 0.05) is 5.56 Å². The maximum Gasteiger partial charge on any atom is 0.312 e. The monoisotopic (exact) mass is 345 g/mol.